The molecule has 0 aromatic rings. The molecule has 6 N–H and O–H groups in total. The number of carboxylic acids is 2. The van der Waals surface area contributed by atoms with Crippen molar-refractivity contribution >= 4 is 62.0 Å². The maximum absolute atomic E-state index is 9.76. The molecule has 0 heterocycles. The molecule has 0 aromatic heterocycles. The number of hydrogen-bond acceptors (Lipinski definition) is 6. The largest absolute Gasteiger partial charge is 0.480 e. The SMILES string of the molecule is Cl.Cl.NC(CS)C(=O)O.NC(CS)C(=O)O. The van der Waals surface area contributed by atoms with E-state index in [1.807, 2.05) is 0 Å². The van der Waals surface area contributed by atoms with Gasteiger partial charge in [-0.15, -0.1) is 24.8 Å². The highest BCUT2D eigenvalue weighted by Gasteiger charge is 2.06. The predicted octanol–water partition coefficient (Wildman–Crippen LogP) is -0.500. The van der Waals surface area contributed by atoms with E-state index in [1.165, 1.54) is 0 Å². The Labute approximate surface area is 117 Å². The Kier molecular flexibility index (Phi) is 23.8. The van der Waals surface area contributed by atoms with Crippen LogP contribution in [0.1, 0.15) is 0 Å². The molecule has 0 rings (SSSR count). The highest BCUT2D eigenvalue weighted by molar-refractivity contribution is 7.80. The molecule has 0 spiro atoms. The normalized spacial score (nSPS) is 11.8. The summed E-state index contributed by atoms with van der Waals surface area (Å²) in [5.41, 5.74) is 9.88. The van der Waals surface area contributed by atoms with E-state index in [1.54, 1.807) is 0 Å². The molecule has 0 radical (unpaired) electrons. The molecular formula is C6H16Cl2N2O4S2. The molecule has 0 saturated carbocycles. The Bertz CT molecular complexity index is 179. The molecule has 2 unspecified atom stereocenters. The highest BCUT2D eigenvalue weighted by atomic mass is 35.5. The molecule has 0 aliphatic rings. The Morgan fingerprint density at radius 3 is 1.12 bits per heavy atom. The van der Waals surface area contributed by atoms with Gasteiger partial charge in [-0.25, -0.2) is 0 Å². The standard InChI is InChI=1S/2C3H7NO2S.2ClH/c2*4-2(1-7)3(5)6;;/h2*2,7H,1,4H2,(H,5,6);2*1H. The van der Waals surface area contributed by atoms with E-state index < -0.39 is 24.0 Å². The lowest BCUT2D eigenvalue weighted by Crippen LogP contribution is -2.31. The first-order valence-corrected chi connectivity index (χ1v) is 4.81. The van der Waals surface area contributed by atoms with Gasteiger partial charge < -0.3 is 21.7 Å². The van der Waals surface area contributed by atoms with Crippen LogP contribution in [0.15, 0.2) is 0 Å². The first kappa shape index (κ1) is 25.1. The zero-order chi connectivity index (χ0) is 11.7. The Morgan fingerprint density at radius 2 is 1.12 bits per heavy atom. The molecule has 0 aromatic carbocycles. The van der Waals surface area contributed by atoms with Crippen molar-refractivity contribution in [2.75, 3.05) is 11.5 Å². The molecule has 16 heavy (non-hydrogen) atoms. The van der Waals surface area contributed by atoms with Gasteiger partial charge in [0.2, 0.25) is 0 Å². The van der Waals surface area contributed by atoms with E-state index in [2.05, 4.69) is 25.3 Å². The topological polar surface area (TPSA) is 127 Å². The van der Waals surface area contributed by atoms with Gasteiger partial charge in [0.1, 0.15) is 12.1 Å². The van der Waals surface area contributed by atoms with Crippen molar-refractivity contribution in [2.24, 2.45) is 11.5 Å². The van der Waals surface area contributed by atoms with Crippen LogP contribution in [0.2, 0.25) is 0 Å². The summed E-state index contributed by atoms with van der Waals surface area (Å²) in [5.74, 6) is -1.63. The van der Waals surface area contributed by atoms with E-state index in [4.69, 9.17) is 21.7 Å². The van der Waals surface area contributed by atoms with Crippen molar-refractivity contribution < 1.29 is 19.8 Å². The summed E-state index contributed by atoms with van der Waals surface area (Å²) in [6.07, 6.45) is 0. The summed E-state index contributed by atoms with van der Waals surface area (Å²) in [4.78, 5) is 19.5. The summed E-state index contributed by atoms with van der Waals surface area (Å²) >= 11 is 7.30. The second kappa shape index (κ2) is 15.1. The first-order chi connectivity index (χ1) is 6.36. The molecule has 2 atom stereocenters. The second-order valence-electron chi connectivity index (χ2n) is 2.25. The van der Waals surface area contributed by atoms with Crippen LogP contribution in [-0.4, -0.2) is 45.7 Å². The van der Waals surface area contributed by atoms with Gasteiger partial charge in [-0.3, -0.25) is 9.59 Å². The van der Waals surface area contributed by atoms with Gasteiger partial charge in [0, 0.05) is 11.5 Å². The molecule has 0 aliphatic heterocycles. The minimum Gasteiger partial charge on any atom is -0.480 e. The van der Waals surface area contributed by atoms with Gasteiger partial charge in [-0.05, 0) is 0 Å². The van der Waals surface area contributed by atoms with Crippen LogP contribution in [0.25, 0.3) is 0 Å². The monoisotopic (exact) mass is 314 g/mol. The minimum absolute atomic E-state index is 0. The van der Waals surface area contributed by atoms with Gasteiger partial charge >= 0.3 is 11.9 Å². The van der Waals surface area contributed by atoms with Crippen LogP contribution >= 0.6 is 50.1 Å². The number of hydrogen-bond donors (Lipinski definition) is 6. The molecule has 0 bridgehead atoms. The molecule has 10 heteroatoms. The number of aliphatic carboxylic acids is 2. The van der Waals surface area contributed by atoms with Crippen molar-refractivity contribution in [1.29, 1.82) is 0 Å². The van der Waals surface area contributed by atoms with Crippen molar-refractivity contribution in [3.63, 3.8) is 0 Å². The second-order valence-corrected chi connectivity index (χ2v) is 2.98. The van der Waals surface area contributed by atoms with Gasteiger partial charge in [-0.1, -0.05) is 0 Å². The molecule has 0 fully saturated rings. The molecule has 0 aliphatic carbocycles. The Morgan fingerprint density at radius 1 is 0.938 bits per heavy atom. The average molecular weight is 315 g/mol. The number of carbonyl (C=O) groups is 2. The predicted molar refractivity (Wildman–Crippen MR) is 73.4 cm³/mol. The number of nitrogens with two attached hydrogens (primary N) is 2. The van der Waals surface area contributed by atoms with Crippen LogP contribution in [0.4, 0.5) is 0 Å². The lowest BCUT2D eigenvalue weighted by Gasteiger charge is -1.96. The molecule has 0 saturated heterocycles. The fourth-order valence-electron chi connectivity index (χ4n) is 0.156. The van der Waals surface area contributed by atoms with E-state index in [0.717, 1.165) is 0 Å². The fourth-order valence-corrected chi connectivity index (χ4v) is 0.469. The highest BCUT2D eigenvalue weighted by Crippen LogP contribution is 1.80. The quantitative estimate of drug-likeness (QED) is 0.388. The lowest BCUT2D eigenvalue weighted by molar-refractivity contribution is -0.138. The van der Waals surface area contributed by atoms with Crippen molar-refractivity contribution in [3.8, 4) is 0 Å². The third kappa shape index (κ3) is 16.6. The lowest BCUT2D eigenvalue weighted by atomic mass is 10.4. The van der Waals surface area contributed by atoms with E-state index in [9.17, 15) is 9.59 Å². The summed E-state index contributed by atoms with van der Waals surface area (Å²) in [7, 11) is 0. The molecule has 0 amide bonds. The van der Waals surface area contributed by atoms with Crippen LogP contribution < -0.4 is 11.5 Å². The summed E-state index contributed by atoms with van der Waals surface area (Å²) < 4.78 is 0. The molecule has 6 nitrogen and oxygen atoms in total. The van der Waals surface area contributed by atoms with Gasteiger partial charge in [0.15, 0.2) is 0 Å². The van der Waals surface area contributed by atoms with E-state index >= 15 is 0 Å². The zero-order valence-electron chi connectivity index (χ0n) is 8.15. The number of halogens is 2. The number of rotatable bonds is 4. The van der Waals surface area contributed by atoms with Crippen molar-refractivity contribution in [3.05, 3.63) is 0 Å². The van der Waals surface area contributed by atoms with Crippen molar-refractivity contribution in [2.45, 2.75) is 12.1 Å². The smallest absolute Gasteiger partial charge is 0.321 e. The van der Waals surface area contributed by atoms with Gasteiger partial charge in [0.05, 0.1) is 0 Å². The third-order valence-electron chi connectivity index (χ3n) is 1.03. The van der Waals surface area contributed by atoms with Gasteiger partial charge in [0.25, 0.3) is 0 Å². The molecular weight excluding hydrogens is 299 g/mol. The van der Waals surface area contributed by atoms with Crippen LogP contribution in [-0.2, 0) is 9.59 Å². The minimum atomic E-state index is -1.00. The average Bonchev–Trinajstić information content (AvgIpc) is 2.15. The third-order valence-corrected chi connectivity index (χ3v) is 1.81. The maximum Gasteiger partial charge on any atom is 0.321 e. The van der Waals surface area contributed by atoms with E-state index in [-0.39, 0.29) is 36.3 Å². The summed E-state index contributed by atoms with van der Waals surface area (Å²) in [6.45, 7) is 0. The number of thiol groups is 2. The van der Waals surface area contributed by atoms with Crippen LogP contribution in [0.3, 0.4) is 0 Å². The summed E-state index contributed by atoms with van der Waals surface area (Å²) in [5, 5.41) is 16.0. The van der Waals surface area contributed by atoms with E-state index in [0.29, 0.717) is 0 Å². The number of carboxylic acid groups (broad SMARTS) is 2. The van der Waals surface area contributed by atoms with Crippen molar-refractivity contribution in [1.82, 2.24) is 0 Å². The fraction of sp³-hybridized carbons (Fsp3) is 0.667. The van der Waals surface area contributed by atoms with Crippen LogP contribution in [0.5, 0.6) is 0 Å². The first-order valence-electron chi connectivity index (χ1n) is 3.55. The zero-order valence-corrected chi connectivity index (χ0v) is 11.6. The Hall–Kier alpha value is 0.140. The Balaban J connectivity index is -0.0000000800. The summed E-state index contributed by atoms with van der Waals surface area (Å²) in [6, 6.07) is -1.63. The molecule has 100 valence electrons. The van der Waals surface area contributed by atoms with Gasteiger partial charge in [-0.2, -0.15) is 25.3 Å². The maximum atomic E-state index is 9.76. The van der Waals surface area contributed by atoms with Crippen LogP contribution in [0, 0.1) is 0 Å².